The van der Waals surface area contributed by atoms with E-state index in [1.54, 1.807) is 10.9 Å². The maximum Gasteiger partial charge on any atom is 0.261 e. The second kappa shape index (κ2) is 4.46. The smallest absolute Gasteiger partial charge is 0.261 e. The Bertz CT molecular complexity index is 662. The van der Waals surface area contributed by atoms with Crippen molar-refractivity contribution in [1.82, 2.24) is 9.55 Å². The Balaban J connectivity index is 2.08. The van der Waals surface area contributed by atoms with Gasteiger partial charge in [0, 0.05) is 16.3 Å². The summed E-state index contributed by atoms with van der Waals surface area (Å²) in [7, 11) is 0. The minimum Gasteiger partial charge on any atom is -0.298 e. The van der Waals surface area contributed by atoms with Crippen LogP contribution in [0.15, 0.2) is 33.8 Å². The van der Waals surface area contributed by atoms with Crippen molar-refractivity contribution in [2.24, 2.45) is 5.41 Å². The number of benzene rings is 1. The Morgan fingerprint density at radius 3 is 2.83 bits per heavy atom. The predicted molar refractivity (Wildman–Crippen MR) is 79.2 cm³/mol. The van der Waals surface area contributed by atoms with E-state index in [-0.39, 0.29) is 11.0 Å². The van der Waals surface area contributed by atoms with Crippen LogP contribution in [0.25, 0.3) is 10.9 Å². The van der Waals surface area contributed by atoms with E-state index in [0.717, 1.165) is 21.9 Å². The molecule has 0 spiro atoms. The summed E-state index contributed by atoms with van der Waals surface area (Å²) in [4.78, 5) is 16.7. The van der Waals surface area contributed by atoms with Gasteiger partial charge in [-0.15, -0.1) is 0 Å². The van der Waals surface area contributed by atoms with Crippen molar-refractivity contribution >= 4 is 42.8 Å². The molecule has 0 radical (unpaired) electrons. The number of nitrogens with zero attached hydrogens (tertiary/aromatic N) is 2. The SMILES string of the molecule is O=c1c2cc(Br)ccc2ncn1CC1(CBr)CC1. The molecule has 1 aromatic heterocycles. The van der Waals surface area contributed by atoms with E-state index in [1.807, 2.05) is 18.2 Å². The number of aromatic nitrogens is 2. The predicted octanol–water partition coefficient (Wildman–Crippen LogP) is 3.33. The zero-order valence-electron chi connectivity index (χ0n) is 9.70. The average Bonchev–Trinajstić information content (AvgIpc) is 3.14. The molecule has 1 aromatic carbocycles. The molecule has 0 aliphatic heterocycles. The maximum absolute atomic E-state index is 12.4. The van der Waals surface area contributed by atoms with E-state index in [1.165, 1.54) is 12.8 Å². The number of halogens is 2. The Labute approximate surface area is 121 Å². The third-order valence-corrected chi connectivity index (χ3v) is 5.22. The third-order valence-electron chi connectivity index (χ3n) is 3.53. The summed E-state index contributed by atoms with van der Waals surface area (Å²) >= 11 is 6.93. The molecule has 1 fully saturated rings. The summed E-state index contributed by atoms with van der Waals surface area (Å²) in [5.74, 6) is 0. The third kappa shape index (κ3) is 2.14. The molecular weight excluding hydrogens is 360 g/mol. The van der Waals surface area contributed by atoms with E-state index in [4.69, 9.17) is 0 Å². The fourth-order valence-corrected chi connectivity index (χ4v) is 3.22. The van der Waals surface area contributed by atoms with Crippen molar-refractivity contribution in [2.45, 2.75) is 19.4 Å². The molecule has 0 N–H and O–H groups in total. The largest absolute Gasteiger partial charge is 0.298 e. The molecule has 1 aliphatic carbocycles. The van der Waals surface area contributed by atoms with Crippen molar-refractivity contribution in [3.05, 3.63) is 39.4 Å². The standard InChI is InChI=1S/C13H12Br2N2O/c14-6-13(3-4-13)7-17-8-16-11-2-1-9(15)5-10(11)12(17)18/h1-2,5,8H,3-4,6-7H2. The van der Waals surface area contributed by atoms with Gasteiger partial charge in [-0.2, -0.15) is 0 Å². The molecule has 0 saturated heterocycles. The van der Waals surface area contributed by atoms with Crippen molar-refractivity contribution < 1.29 is 0 Å². The van der Waals surface area contributed by atoms with E-state index in [9.17, 15) is 4.79 Å². The van der Waals surface area contributed by atoms with Crippen molar-refractivity contribution in [3.63, 3.8) is 0 Å². The first kappa shape index (κ1) is 12.4. The zero-order chi connectivity index (χ0) is 12.8. The first-order chi connectivity index (χ1) is 8.63. The Kier molecular flexibility index (Phi) is 3.06. The number of hydrogen-bond donors (Lipinski definition) is 0. The Hall–Kier alpha value is -0.680. The van der Waals surface area contributed by atoms with Gasteiger partial charge in [0.2, 0.25) is 0 Å². The second-order valence-corrected chi connectivity index (χ2v) is 6.45. The van der Waals surface area contributed by atoms with E-state index < -0.39 is 0 Å². The Morgan fingerprint density at radius 1 is 1.39 bits per heavy atom. The fourth-order valence-electron chi connectivity index (χ4n) is 2.12. The van der Waals surface area contributed by atoms with Gasteiger partial charge in [0.05, 0.1) is 17.2 Å². The highest BCUT2D eigenvalue weighted by Gasteiger charge is 2.42. The van der Waals surface area contributed by atoms with Crippen molar-refractivity contribution in [3.8, 4) is 0 Å². The molecule has 0 bridgehead atoms. The summed E-state index contributed by atoms with van der Waals surface area (Å²) in [6.45, 7) is 0.756. The number of rotatable bonds is 3. The minimum absolute atomic E-state index is 0.0496. The van der Waals surface area contributed by atoms with Gasteiger partial charge in [0.15, 0.2) is 0 Å². The first-order valence-corrected chi connectivity index (χ1v) is 7.76. The first-order valence-electron chi connectivity index (χ1n) is 5.84. The minimum atomic E-state index is 0.0496. The van der Waals surface area contributed by atoms with Gasteiger partial charge in [0.25, 0.3) is 5.56 Å². The van der Waals surface area contributed by atoms with Gasteiger partial charge in [-0.25, -0.2) is 4.98 Å². The summed E-state index contributed by atoms with van der Waals surface area (Å²) in [6, 6.07) is 5.61. The van der Waals surface area contributed by atoms with Crippen LogP contribution in [0.1, 0.15) is 12.8 Å². The molecule has 0 atom stereocenters. The van der Waals surface area contributed by atoms with E-state index in [0.29, 0.717) is 5.39 Å². The van der Waals surface area contributed by atoms with Crippen molar-refractivity contribution in [1.29, 1.82) is 0 Å². The quantitative estimate of drug-likeness (QED) is 0.775. The monoisotopic (exact) mass is 370 g/mol. The van der Waals surface area contributed by atoms with Crippen LogP contribution in [-0.4, -0.2) is 14.9 Å². The maximum atomic E-state index is 12.4. The number of fused-ring (bicyclic) bond motifs is 1. The summed E-state index contributed by atoms with van der Waals surface area (Å²) < 4.78 is 2.65. The molecular formula is C13H12Br2N2O. The van der Waals surface area contributed by atoms with Gasteiger partial charge in [-0.1, -0.05) is 31.9 Å². The lowest BCUT2D eigenvalue weighted by Gasteiger charge is -2.13. The highest BCUT2D eigenvalue weighted by Crippen LogP contribution is 2.48. The van der Waals surface area contributed by atoms with Gasteiger partial charge in [-0.05, 0) is 36.5 Å². The van der Waals surface area contributed by atoms with Crippen LogP contribution in [0.3, 0.4) is 0 Å². The average molecular weight is 372 g/mol. The van der Waals surface area contributed by atoms with Crippen LogP contribution < -0.4 is 5.56 Å². The van der Waals surface area contributed by atoms with Gasteiger partial charge in [0.1, 0.15) is 0 Å². The van der Waals surface area contributed by atoms with Gasteiger partial charge in [-0.3, -0.25) is 9.36 Å². The molecule has 3 rings (SSSR count). The van der Waals surface area contributed by atoms with E-state index >= 15 is 0 Å². The number of alkyl halides is 1. The molecule has 0 unspecified atom stereocenters. The molecule has 3 nitrogen and oxygen atoms in total. The van der Waals surface area contributed by atoms with Crippen LogP contribution in [0.4, 0.5) is 0 Å². The zero-order valence-corrected chi connectivity index (χ0v) is 12.9. The van der Waals surface area contributed by atoms with Gasteiger partial charge >= 0.3 is 0 Å². The van der Waals surface area contributed by atoms with Crippen LogP contribution >= 0.6 is 31.9 Å². The number of hydrogen-bond acceptors (Lipinski definition) is 2. The molecule has 0 amide bonds. The second-order valence-electron chi connectivity index (χ2n) is 4.97. The van der Waals surface area contributed by atoms with Crippen LogP contribution in [0.2, 0.25) is 0 Å². The molecule has 1 saturated carbocycles. The topological polar surface area (TPSA) is 34.9 Å². The molecule has 94 valence electrons. The molecule has 1 aliphatic rings. The lowest BCUT2D eigenvalue weighted by molar-refractivity contribution is 0.463. The highest BCUT2D eigenvalue weighted by molar-refractivity contribution is 9.10. The Morgan fingerprint density at radius 2 is 2.17 bits per heavy atom. The summed E-state index contributed by atoms with van der Waals surface area (Å²) in [5, 5.41) is 1.63. The molecule has 1 heterocycles. The van der Waals surface area contributed by atoms with Crippen molar-refractivity contribution in [2.75, 3.05) is 5.33 Å². The molecule has 18 heavy (non-hydrogen) atoms. The molecule has 2 aromatic rings. The highest BCUT2D eigenvalue weighted by atomic mass is 79.9. The van der Waals surface area contributed by atoms with Crippen LogP contribution in [-0.2, 0) is 6.54 Å². The lowest BCUT2D eigenvalue weighted by atomic mass is 10.1. The normalized spacial score (nSPS) is 17.0. The lowest BCUT2D eigenvalue weighted by Crippen LogP contribution is -2.25. The summed E-state index contributed by atoms with van der Waals surface area (Å²) in [6.07, 6.45) is 4.03. The van der Waals surface area contributed by atoms with Crippen LogP contribution in [0, 0.1) is 5.41 Å². The fraction of sp³-hybridized carbons (Fsp3) is 0.385. The van der Waals surface area contributed by atoms with Gasteiger partial charge < -0.3 is 0 Å². The van der Waals surface area contributed by atoms with Crippen LogP contribution in [0.5, 0.6) is 0 Å². The molecule has 5 heteroatoms. The summed E-state index contributed by atoms with van der Waals surface area (Å²) in [5.41, 5.74) is 1.07. The van der Waals surface area contributed by atoms with E-state index in [2.05, 4.69) is 36.8 Å².